The second-order valence-electron chi connectivity index (χ2n) is 8.07. The zero-order valence-corrected chi connectivity index (χ0v) is 18.5. The molecule has 4 rings (SSSR count). The van der Waals surface area contributed by atoms with E-state index in [2.05, 4.69) is 25.5 Å². The molecule has 1 fully saturated rings. The summed E-state index contributed by atoms with van der Waals surface area (Å²) in [4.78, 5) is 20.5. The summed E-state index contributed by atoms with van der Waals surface area (Å²) in [6.07, 6.45) is 3.39. The predicted molar refractivity (Wildman–Crippen MR) is 118 cm³/mol. The summed E-state index contributed by atoms with van der Waals surface area (Å²) in [6, 6.07) is 6.28. The number of H-pyrrole nitrogens is 1. The van der Waals surface area contributed by atoms with Crippen molar-refractivity contribution in [1.29, 1.82) is 5.26 Å². The second-order valence-corrected chi connectivity index (χ2v) is 8.07. The highest BCUT2D eigenvalue weighted by molar-refractivity contribution is 5.76. The molecule has 176 valence electrons. The van der Waals surface area contributed by atoms with Crippen LogP contribution in [0.1, 0.15) is 18.5 Å². The van der Waals surface area contributed by atoms with Crippen molar-refractivity contribution in [3.8, 4) is 28.8 Å². The van der Waals surface area contributed by atoms with Gasteiger partial charge in [-0.05, 0) is 25.0 Å². The van der Waals surface area contributed by atoms with Gasteiger partial charge in [-0.15, -0.1) is 0 Å². The minimum atomic E-state index is -1.00. The van der Waals surface area contributed by atoms with E-state index in [-0.39, 0.29) is 23.5 Å². The molecule has 0 atom stereocenters. The Hall–Kier alpha value is -4.40. The lowest BCUT2D eigenvalue weighted by Crippen LogP contribution is -2.34. The van der Waals surface area contributed by atoms with Crippen LogP contribution in [-0.2, 0) is 0 Å². The van der Waals surface area contributed by atoms with E-state index in [1.807, 2.05) is 6.07 Å². The van der Waals surface area contributed by atoms with Gasteiger partial charge in [0.05, 0.1) is 37.4 Å². The predicted octanol–water partition coefficient (Wildman–Crippen LogP) is 3.40. The van der Waals surface area contributed by atoms with Gasteiger partial charge >= 0.3 is 6.09 Å². The Kier molecular flexibility index (Phi) is 6.18. The molecule has 3 N–H and O–H groups in total. The zero-order chi connectivity index (χ0) is 24.3. The lowest BCUT2D eigenvalue weighted by atomic mass is 10.1. The number of benzene rings is 1. The topological polar surface area (TPSA) is 149 Å². The van der Waals surface area contributed by atoms with Crippen LogP contribution in [-0.4, -0.2) is 63.6 Å². The summed E-state index contributed by atoms with van der Waals surface area (Å²) in [5, 5.41) is 28.0. The highest BCUT2D eigenvalue weighted by Gasteiger charge is 2.45. The third-order valence-electron chi connectivity index (χ3n) is 5.54. The zero-order valence-electron chi connectivity index (χ0n) is 18.5. The van der Waals surface area contributed by atoms with E-state index < -0.39 is 11.9 Å². The smallest absolute Gasteiger partial charge is 0.407 e. The molecule has 0 aliphatic heterocycles. The van der Waals surface area contributed by atoms with Crippen molar-refractivity contribution in [1.82, 2.24) is 25.1 Å². The maximum atomic E-state index is 14.5. The maximum absolute atomic E-state index is 14.5. The van der Waals surface area contributed by atoms with Crippen molar-refractivity contribution < 1.29 is 23.8 Å². The normalized spacial score (nSPS) is 13.6. The highest BCUT2D eigenvalue weighted by Crippen LogP contribution is 2.48. The SMILES string of the molecule is COc1c(F)ccc(OCC2(CN(C)C(=O)O)CC2)c1-c1cc(Nc2cnc(C#N)cn2)n[nH]1. The molecule has 1 saturated carbocycles. The first kappa shape index (κ1) is 22.8. The molecule has 0 radical (unpaired) electrons. The first-order valence-corrected chi connectivity index (χ1v) is 10.3. The van der Waals surface area contributed by atoms with E-state index in [0.29, 0.717) is 35.2 Å². The van der Waals surface area contributed by atoms with Crippen LogP contribution in [0.2, 0.25) is 0 Å². The Bertz CT molecular complexity index is 1240. The molecule has 1 amide bonds. The van der Waals surface area contributed by atoms with Crippen LogP contribution in [0.25, 0.3) is 11.3 Å². The summed E-state index contributed by atoms with van der Waals surface area (Å²) in [5.74, 6) is 0.541. The van der Waals surface area contributed by atoms with E-state index in [1.165, 1.54) is 43.6 Å². The number of carbonyl (C=O) groups is 1. The number of rotatable bonds is 9. The lowest BCUT2D eigenvalue weighted by Gasteiger charge is -2.23. The maximum Gasteiger partial charge on any atom is 0.407 e. The van der Waals surface area contributed by atoms with Crippen LogP contribution in [0.3, 0.4) is 0 Å². The summed E-state index contributed by atoms with van der Waals surface area (Å²) in [5.41, 5.74) is 0.683. The fraction of sp³-hybridized carbons (Fsp3) is 0.318. The molecule has 2 aromatic heterocycles. The van der Waals surface area contributed by atoms with Crippen LogP contribution < -0.4 is 14.8 Å². The molecule has 2 heterocycles. The number of halogens is 1. The molecule has 34 heavy (non-hydrogen) atoms. The monoisotopic (exact) mass is 467 g/mol. The molecule has 1 aliphatic rings. The number of anilines is 2. The number of hydrogen-bond donors (Lipinski definition) is 3. The van der Waals surface area contributed by atoms with Gasteiger partial charge in [0.2, 0.25) is 0 Å². The Morgan fingerprint density at radius 1 is 1.35 bits per heavy atom. The van der Waals surface area contributed by atoms with Gasteiger partial charge in [-0.1, -0.05) is 0 Å². The molecule has 11 nitrogen and oxygen atoms in total. The molecule has 12 heteroatoms. The van der Waals surface area contributed by atoms with Crippen LogP contribution in [0, 0.1) is 22.6 Å². The minimum Gasteiger partial charge on any atom is -0.493 e. The van der Waals surface area contributed by atoms with E-state index in [9.17, 15) is 14.3 Å². The number of amides is 1. The molecular weight excluding hydrogens is 445 g/mol. The van der Waals surface area contributed by atoms with Gasteiger partial charge in [-0.3, -0.25) is 5.10 Å². The molecule has 1 aromatic carbocycles. The number of ether oxygens (including phenoxy) is 2. The Morgan fingerprint density at radius 3 is 2.76 bits per heavy atom. The van der Waals surface area contributed by atoms with Crippen molar-refractivity contribution in [2.75, 3.05) is 32.6 Å². The van der Waals surface area contributed by atoms with Crippen molar-refractivity contribution in [2.24, 2.45) is 5.41 Å². The fourth-order valence-corrected chi connectivity index (χ4v) is 3.54. The number of aromatic amines is 1. The number of carboxylic acid groups (broad SMARTS) is 1. The largest absolute Gasteiger partial charge is 0.493 e. The fourth-order valence-electron chi connectivity index (χ4n) is 3.54. The number of nitriles is 1. The van der Waals surface area contributed by atoms with Crippen molar-refractivity contribution in [3.63, 3.8) is 0 Å². The van der Waals surface area contributed by atoms with E-state index >= 15 is 0 Å². The Balaban J connectivity index is 1.57. The summed E-state index contributed by atoms with van der Waals surface area (Å²) in [6.45, 7) is 0.617. The molecule has 0 spiro atoms. The molecule has 0 bridgehead atoms. The van der Waals surface area contributed by atoms with Crippen LogP contribution in [0.15, 0.2) is 30.6 Å². The first-order chi connectivity index (χ1) is 16.3. The second kappa shape index (κ2) is 9.22. The number of aromatic nitrogens is 4. The minimum absolute atomic E-state index is 0.0154. The van der Waals surface area contributed by atoms with Crippen molar-refractivity contribution in [3.05, 3.63) is 42.1 Å². The molecule has 3 aromatic rings. The van der Waals surface area contributed by atoms with Gasteiger partial charge in [0.1, 0.15) is 17.6 Å². The van der Waals surface area contributed by atoms with Gasteiger partial charge in [0.25, 0.3) is 0 Å². The third kappa shape index (κ3) is 4.83. The van der Waals surface area contributed by atoms with Crippen LogP contribution in [0.4, 0.5) is 20.8 Å². The Morgan fingerprint density at radius 2 is 2.15 bits per heavy atom. The molecular formula is C22H22FN7O4. The van der Waals surface area contributed by atoms with Gasteiger partial charge in [0, 0.05) is 25.1 Å². The average molecular weight is 467 g/mol. The summed E-state index contributed by atoms with van der Waals surface area (Å²) >= 11 is 0. The van der Waals surface area contributed by atoms with Crippen LogP contribution in [0.5, 0.6) is 11.5 Å². The average Bonchev–Trinajstić information content (AvgIpc) is 3.44. The van der Waals surface area contributed by atoms with Crippen LogP contribution >= 0.6 is 0 Å². The lowest BCUT2D eigenvalue weighted by molar-refractivity contribution is 0.133. The first-order valence-electron chi connectivity index (χ1n) is 10.3. The van der Waals surface area contributed by atoms with E-state index in [4.69, 9.17) is 14.7 Å². The van der Waals surface area contributed by atoms with E-state index in [0.717, 1.165) is 12.8 Å². The number of nitrogens with one attached hydrogen (secondary N) is 2. The van der Waals surface area contributed by atoms with Gasteiger partial charge in [0.15, 0.2) is 23.1 Å². The van der Waals surface area contributed by atoms with Crippen molar-refractivity contribution in [2.45, 2.75) is 12.8 Å². The van der Waals surface area contributed by atoms with Crippen molar-refractivity contribution >= 4 is 17.7 Å². The summed E-state index contributed by atoms with van der Waals surface area (Å²) < 4.78 is 25.9. The summed E-state index contributed by atoms with van der Waals surface area (Å²) in [7, 11) is 2.88. The van der Waals surface area contributed by atoms with Gasteiger partial charge in [-0.25, -0.2) is 19.2 Å². The van der Waals surface area contributed by atoms with Gasteiger partial charge < -0.3 is 24.8 Å². The Labute approximate surface area is 194 Å². The number of methoxy groups -OCH3 is 1. The highest BCUT2D eigenvalue weighted by atomic mass is 19.1. The quantitative estimate of drug-likeness (QED) is 0.430. The number of hydrogen-bond acceptors (Lipinski definition) is 8. The third-order valence-corrected chi connectivity index (χ3v) is 5.54. The standard InChI is InChI=1S/C22H22FN7O4/c1-30(21(31)32)11-22(5-6-22)12-34-16-4-3-14(23)20(33-2)19(16)15-7-17(29-28-15)27-18-10-25-13(8-24)9-26-18/h3-4,7,9-10H,5-6,11-12H2,1-2H3,(H,31,32)(H2,26,27,28,29). The van der Waals surface area contributed by atoms with E-state index in [1.54, 1.807) is 6.07 Å². The number of nitrogens with zero attached hydrogens (tertiary/aromatic N) is 5. The molecule has 1 aliphatic carbocycles. The van der Waals surface area contributed by atoms with Gasteiger partial charge in [-0.2, -0.15) is 10.4 Å². The molecule has 0 unspecified atom stereocenters. The molecule has 0 saturated heterocycles.